The highest BCUT2D eigenvalue weighted by atomic mass is 16.8. The van der Waals surface area contributed by atoms with Gasteiger partial charge in [-0.3, -0.25) is 0 Å². The standard InChI is InChI=1S/C47H72O20/c1-21(62-40(57)23-9-7-6-8-10-23)26-18-30(49)47(59)45(26,4)15-13-29-44(3)14-12-25(17-24(44)11-16-46(29,47)58)64-42-35(54)33(52)32(51)28(66-42)20-61-41-36(55)34(53)38(27(19-48)65-41)67-43-37(56)39(60-5)31(50)22(2)63-43/h6-10,21-22,24-39,41-43,48-56,58-59H,11-20H2,1-5H3/t21?,22?,24-,25-,26+,27?,28?,29+,30?,31?,32?,33?,34?,35?,36?,37?,38?,39?,41?,42?,43?,44-,45+,46-,47+/m0/s1. The molecule has 1 aromatic rings. The number of methoxy groups -OCH3 is 1. The third-order valence-corrected chi connectivity index (χ3v) is 17.4. The Morgan fingerprint density at radius 3 is 2.10 bits per heavy atom. The van der Waals surface area contributed by atoms with Crippen LogP contribution in [0.1, 0.15) is 89.4 Å². The molecule has 0 bridgehead atoms. The maximum absolute atomic E-state index is 13.1. The minimum atomic E-state index is -1.88. The van der Waals surface area contributed by atoms with Crippen LogP contribution in [0.4, 0.5) is 0 Å². The Labute approximate surface area is 389 Å². The van der Waals surface area contributed by atoms with Crippen LogP contribution < -0.4 is 0 Å². The van der Waals surface area contributed by atoms with Gasteiger partial charge in [0.1, 0.15) is 78.8 Å². The minimum Gasteiger partial charge on any atom is -0.459 e. The van der Waals surface area contributed by atoms with E-state index in [1.54, 1.807) is 37.3 Å². The molecule has 0 amide bonds. The number of aliphatic hydroxyl groups is 11. The van der Waals surface area contributed by atoms with Crippen molar-refractivity contribution in [3.8, 4) is 0 Å². The molecular formula is C47H72O20. The highest BCUT2D eigenvalue weighted by Crippen LogP contribution is 2.71. The molecule has 11 N–H and O–H groups in total. The fraction of sp³-hybridized carbons (Fsp3) is 0.851. The Morgan fingerprint density at radius 2 is 1.42 bits per heavy atom. The third kappa shape index (κ3) is 8.60. The second kappa shape index (κ2) is 19.5. The van der Waals surface area contributed by atoms with Gasteiger partial charge in [0.25, 0.3) is 0 Å². The lowest BCUT2D eigenvalue weighted by Gasteiger charge is -2.67. The Balaban J connectivity index is 0.882. The smallest absolute Gasteiger partial charge is 0.338 e. The Kier molecular flexibility index (Phi) is 15.0. The van der Waals surface area contributed by atoms with Gasteiger partial charge in [-0.05, 0) is 94.6 Å². The summed E-state index contributed by atoms with van der Waals surface area (Å²) in [6.07, 6.45) is -20.9. The molecule has 4 saturated carbocycles. The number of carbonyl (C=O) groups is 1. The number of rotatable bonds is 12. The van der Waals surface area contributed by atoms with E-state index in [-0.39, 0.29) is 24.7 Å². The van der Waals surface area contributed by atoms with E-state index in [1.165, 1.54) is 14.0 Å². The van der Waals surface area contributed by atoms with Gasteiger partial charge in [0, 0.05) is 18.4 Å². The van der Waals surface area contributed by atoms with Crippen molar-refractivity contribution >= 4 is 5.97 Å². The summed E-state index contributed by atoms with van der Waals surface area (Å²) in [5.41, 5.74) is -4.58. The van der Waals surface area contributed by atoms with Crippen molar-refractivity contribution in [2.75, 3.05) is 20.3 Å². The van der Waals surface area contributed by atoms with E-state index < -0.39 is 158 Å². The van der Waals surface area contributed by atoms with Crippen LogP contribution in [0.2, 0.25) is 0 Å². The molecular weight excluding hydrogens is 884 g/mol. The SMILES string of the molecule is COC1C(O)C(C)OC(OC2C(CO)OC(OCC3OC(O[C@H]4CC[C@@]5(C)[C@@H](CC[C@]6(O)[C@@H]5CC[C@]5(C)[C@@H](C(C)OC(=O)c7ccccc7)CC(O)[C@@]56O)C4)C(O)C(O)C3O)C(O)C2O)C1O. The van der Waals surface area contributed by atoms with Crippen molar-refractivity contribution in [3.63, 3.8) is 0 Å². The first kappa shape index (κ1) is 51.3. The molecule has 0 spiro atoms. The van der Waals surface area contributed by atoms with Crippen molar-refractivity contribution in [2.45, 2.75) is 201 Å². The molecule has 7 fully saturated rings. The van der Waals surface area contributed by atoms with E-state index in [2.05, 4.69) is 6.92 Å². The van der Waals surface area contributed by atoms with Gasteiger partial charge in [-0.2, -0.15) is 0 Å². The molecule has 380 valence electrons. The number of esters is 1. The third-order valence-electron chi connectivity index (χ3n) is 17.4. The van der Waals surface area contributed by atoms with Crippen molar-refractivity contribution in [2.24, 2.45) is 28.6 Å². The summed E-state index contributed by atoms with van der Waals surface area (Å²) in [5, 5.41) is 124. The van der Waals surface area contributed by atoms with Crippen LogP contribution in [0, 0.1) is 28.6 Å². The molecule has 67 heavy (non-hydrogen) atoms. The molecule has 17 unspecified atom stereocenters. The zero-order valence-electron chi connectivity index (χ0n) is 38.7. The van der Waals surface area contributed by atoms with Crippen LogP contribution in [0.3, 0.4) is 0 Å². The van der Waals surface area contributed by atoms with E-state index in [1.807, 2.05) is 6.92 Å². The molecule has 20 heteroatoms. The lowest BCUT2D eigenvalue weighted by molar-refractivity contribution is -0.364. The van der Waals surface area contributed by atoms with Crippen LogP contribution in [-0.4, -0.2) is 204 Å². The van der Waals surface area contributed by atoms with Gasteiger partial charge in [0.2, 0.25) is 0 Å². The molecule has 8 rings (SSSR count). The van der Waals surface area contributed by atoms with Crippen LogP contribution in [0.25, 0.3) is 0 Å². The van der Waals surface area contributed by atoms with E-state index >= 15 is 0 Å². The van der Waals surface area contributed by atoms with Gasteiger partial charge in [-0.15, -0.1) is 0 Å². The summed E-state index contributed by atoms with van der Waals surface area (Å²) < 4.78 is 46.3. The summed E-state index contributed by atoms with van der Waals surface area (Å²) in [5.74, 6) is -1.32. The number of benzene rings is 1. The van der Waals surface area contributed by atoms with E-state index in [4.69, 9.17) is 37.9 Å². The first-order valence-corrected chi connectivity index (χ1v) is 23.8. The van der Waals surface area contributed by atoms with E-state index in [0.717, 1.165) is 0 Å². The lowest BCUT2D eigenvalue weighted by atomic mass is 9.41. The molecule has 25 atom stereocenters. The van der Waals surface area contributed by atoms with Crippen LogP contribution in [0.5, 0.6) is 0 Å². The van der Waals surface area contributed by atoms with Gasteiger partial charge < -0.3 is 94.1 Å². The van der Waals surface area contributed by atoms with Crippen LogP contribution >= 0.6 is 0 Å². The summed E-state index contributed by atoms with van der Waals surface area (Å²) >= 11 is 0. The average Bonchev–Trinajstić information content (AvgIpc) is 3.52. The maximum atomic E-state index is 13.1. The van der Waals surface area contributed by atoms with E-state index in [9.17, 15) is 61.0 Å². The maximum Gasteiger partial charge on any atom is 0.338 e. The lowest BCUT2D eigenvalue weighted by Crippen LogP contribution is -2.76. The summed E-state index contributed by atoms with van der Waals surface area (Å²) in [6.45, 7) is 6.04. The second-order valence-electron chi connectivity index (χ2n) is 20.9. The second-order valence-corrected chi connectivity index (χ2v) is 20.9. The van der Waals surface area contributed by atoms with Crippen molar-refractivity contribution < 1.29 is 98.9 Å². The van der Waals surface area contributed by atoms with Gasteiger partial charge in [-0.25, -0.2) is 4.79 Å². The van der Waals surface area contributed by atoms with Crippen molar-refractivity contribution in [1.29, 1.82) is 0 Å². The molecule has 20 nitrogen and oxygen atoms in total. The number of carbonyl (C=O) groups excluding carboxylic acids is 1. The normalized spacial score (nSPS) is 51.5. The minimum absolute atomic E-state index is 0.00654. The molecule has 7 aliphatic rings. The van der Waals surface area contributed by atoms with Crippen molar-refractivity contribution in [1.82, 2.24) is 0 Å². The van der Waals surface area contributed by atoms with Gasteiger partial charge in [-0.1, -0.05) is 32.0 Å². The summed E-state index contributed by atoms with van der Waals surface area (Å²) in [7, 11) is 1.28. The topological polar surface area (TPSA) is 313 Å². The highest BCUT2D eigenvalue weighted by Gasteiger charge is 2.77. The average molecular weight is 957 g/mol. The molecule has 4 aliphatic carbocycles. The highest BCUT2D eigenvalue weighted by molar-refractivity contribution is 5.89. The van der Waals surface area contributed by atoms with Crippen LogP contribution in [0.15, 0.2) is 30.3 Å². The molecule has 3 aliphatic heterocycles. The summed E-state index contributed by atoms with van der Waals surface area (Å²) in [4.78, 5) is 13.1. The van der Waals surface area contributed by atoms with Gasteiger partial charge in [0.05, 0.1) is 42.7 Å². The quantitative estimate of drug-likeness (QED) is 0.0849. The zero-order chi connectivity index (χ0) is 48.5. The number of hydrogen-bond donors (Lipinski definition) is 11. The Morgan fingerprint density at radius 1 is 0.746 bits per heavy atom. The summed E-state index contributed by atoms with van der Waals surface area (Å²) in [6, 6.07) is 8.63. The van der Waals surface area contributed by atoms with E-state index in [0.29, 0.717) is 44.1 Å². The number of hydrogen-bond acceptors (Lipinski definition) is 20. The molecule has 3 heterocycles. The molecule has 0 radical (unpaired) electrons. The molecule has 1 aromatic carbocycles. The fourth-order valence-corrected chi connectivity index (χ4v) is 13.5. The predicted octanol–water partition coefficient (Wildman–Crippen LogP) is -1.39. The number of ether oxygens (including phenoxy) is 8. The Hall–Kier alpha value is -2.03. The predicted molar refractivity (Wildman–Crippen MR) is 228 cm³/mol. The van der Waals surface area contributed by atoms with Gasteiger partial charge in [0.15, 0.2) is 18.9 Å². The van der Waals surface area contributed by atoms with Gasteiger partial charge >= 0.3 is 5.97 Å². The molecule has 3 saturated heterocycles. The largest absolute Gasteiger partial charge is 0.459 e. The number of fused-ring (bicyclic) bond motifs is 5. The Bertz CT molecular complexity index is 1850. The first-order valence-electron chi connectivity index (χ1n) is 23.8. The zero-order valence-corrected chi connectivity index (χ0v) is 38.7. The number of aliphatic hydroxyl groups excluding tert-OH is 9. The first-order chi connectivity index (χ1) is 31.6. The monoisotopic (exact) mass is 956 g/mol. The van der Waals surface area contributed by atoms with Crippen LogP contribution in [-0.2, 0) is 37.9 Å². The molecule has 0 aromatic heterocycles. The fourth-order valence-electron chi connectivity index (χ4n) is 13.5. The van der Waals surface area contributed by atoms with Crippen molar-refractivity contribution in [3.05, 3.63) is 35.9 Å².